The summed E-state index contributed by atoms with van der Waals surface area (Å²) in [6.45, 7) is 2.49. The van der Waals surface area contributed by atoms with Gasteiger partial charge in [-0.2, -0.15) is 5.26 Å². The van der Waals surface area contributed by atoms with Crippen molar-refractivity contribution < 1.29 is 4.79 Å². The molecule has 4 nitrogen and oxygen atoms in total. The topological polar surface area (TPSA) is 65.8 Å². The first-order valence-corrected chi connectivity index (χ1v) is 5.15. The molecule has 0 radical (unpaired) electrons. The Bertz CT molecular complexity index is 353. The van der Waals surface area contributed by atoms with Gasteiger partial charge in [-0.1, -0.05) is 0 Å². The zero-order chi connectivity index (χ0) is 10.4. The molecule has 1 N–H and O–H groups in total. The van der Waals surface area contributed by atoms with Crippen molar-refractivity contribution in [2.45, 2.75) is 19.8 Å². The number of hydrogen-bond acceptors (Lipinski definition) is 4. The quantitative estimate of drug-likeness (QED) is 0.805. The molecule has 0 atom stereocenters. The molecule has 1 aromatic rings. The van der Waals surface area contributed by atoms with Crippen molar-refractivity contribution in [2.75, 3.05) is 6.54 Å². The van der Waals surface area contributed by atoms with Crippen molar-refractivity contribution in [1.29, 1.82) is 5.26 Å². The van der Waals surface area contributed by atoms with Crippen LogP contribution in [0.15, 0.2) is 5.38 Å². The van der Waals surface area contributed by atoms with Crippen molar-refractivity contribution in [3.8, 4) is 6.07 Å². The summed E-state index contributed by atoms with van der Waals surface area (Å²) in [5.41, 5.74) is 1.01. The lowest BCUT2D eigenvalue weighted by molar-refractivity contribution is -0.120. The Kier molecular flexibility index (Phi) is 4.08. The maximum Gasteiger partial charge on any atom is 0.234 e. The van der Waals surface area contributed by atoms with Crippen LogP contribution in [0.2, 0.25) is 0 Å². The molecule has 74 valence electrons. The van der Waals surface area contributed by atoms with E-state index in [0.717, 1.165) is 17.1 Å². The van der Waals surface area contributed by atoms with Gasteiger partial charge < -0.3 is 5.32 Å². The highest BCUT2D eigenvalue weighted by Crippen LogP contribution is 2.08. The van der Waals surface area contributed by atoms with E-state index in [4.69, 9.17) is 5.26 Å². The zero-order valence-corrected chi connectivity index (χ0v) is 8.73. The number of carbonyl (C=O) groups is 1. The van der Waals surface area contributed by atoms with Gasteiger partial charge in [0, 0.05) is 24.0 Å². The minimum atomic E-state index is -0.222. The summed E-state index contributed by atoms with van der Waals surface area (Å²) in [5.74, 6) is -0.222. The molecule has 0 aliphatic carbocycles. The van der Waals surface area contributed by atoms with Gasteiger partial charge in [0.25, 0.3) is 0 Å². The van der Waals surface area contributed by atoms with Gasteiger partial charge in [-0.25, -0.2) is 4.98 Å². The minimum Gasteiger partial charge on any atom is -0.355 e. The van der Waals surface area contributed by atoms with Crippen LogP contribution in [0.1, 0.15) is 17.1 Å². The summed E-state index contributed by atoms with van der Waals surface area (Å²) >= 11 is 1.59. The predicted octanol–water partition coefficient (Wildman–Crippen LogP) is 1.02. The SMILES string of the molecule is Cc1csc(CCNC(=O)CC#N)n1. The molecule has 0 unspecified atom stereocenters. The second-order valence-electron chi connectivity index (χ2n) is 2.82. The van der Waals surface area contributed by atoms with Gasteiger partial charge in [-0.3, -0.25) is 4.79 Å². The molecule has 0 bridgehead atoms. The average Bonchev–Trinajstić information content (AvgIpc) is 2.52. The smallest absolute Gasteiger partial charge is 0.234 e. The van der Waals surface area contributed by atoms with Gasteiger partial charge >= 0.3 is 0 Å². The number of aryl methyl sites for hydroxylation is 1. The molecule has 0 aliphatic rings. The third-order valence-corrected chi connectivity index (χ3v) is 2.59. The maximum absolute atomic E-state index is 10.9. The van der Waals surface area contributed by atoms with Crippen molar-refractivity contribution in [2.24, 2.45) is 0 Å². The highest BCUT2D eigenvalue weighted by molar-refractivity contribution is 7.09. The average molecular weight is 209 g/mol. The van der Waals surface area contributed by atoms with E-state index < -0.39 is 0 Å². The van der Waals surface area contributed by atoms with Crippen LogP contribution in [0.3, 0.4) is 0 Å². The number of hydrogen-bond donors (Lipinski definition) is 1. The van der Waals surface area contributed by atoms with Crippen molar-refractivity contribution in [1.82, 2.24) is 10.3 Å². The Hall–Kier alpha value is -1.41. The van der Waals surface area contributed by atoms with E-state index in [0.29, 0.717) is 6.54 Å². The Balaban J connectivity index is 2.22. The fourth-order valence-electron chi connectivity index (χ4n) is 0.961. The van der Waals surface area contributed by atoms with Crippen molar-refractivity contribution >= 4 is 17.2 Å². The summed E-state index contributed by atoms with van der Waals surface area (Å²) in [5, 5.41) is 13.9. The molecule has 1 amide bonds. The fourth-order valence-corrected chi connectivity index (χ4v) is 1.74. The van der Waals surface area contributed by atoms with Crippen LogP contribution in [-0.4, -0.2) is 17.4 Å². The minimum absolute atomic E-state index is 0.0725. The lowest BCUT2D eigenvalue weighted by atomic mass is 10.4. The molecular weight excluding hydrogens is 198 g/mol. The van der Waals surface area contributed by atoms with Gasteiger partial charge in [0.2, 0.25) is 5.91 Å². The van der Waals surface area contributed by atoms with Gasteiger partial charge in [0.1, 0.15) is 6.42 Å². The van der Waals surface area contributed by atoms with Gasteiger partial charge in [0.05, 0.1) is 11.1 Å². The molecule has 1 aromatic heterocycles. The Morgan fingerprint density at radius 3 is 3.14 bits per heavy atom. The second kappa shape index (κ2) is 5.35. The van der Waals surface area contributed by atoms with E-state index in [1.54, 1.807) is 17.4 Å². The number of nitrogens with one attached hydrogen (secondary N) is 1. The van der Waals surface area contributed by atoms with Gasteiger partial charge in [-0.15, -0.1) is 11.3 Å². The number of amides is 1. The summed E-state index contributed by atoms with van der Waals surface area (Å²) in [6.07, 6.45) is 0.659. The highest BCUT2D eigenvalue weighted by Gasteiger charge is 2.01. The Morgan fingerprint density at radius 1 is 1.79 bits per heavy atom. The molecule has 1 heterocycles. The summed E-state index contributed by atoms with van der Waals surface area (Å²) in [6, 6.07) is 1.80. The van der Waals surface area contributed by atoms with Crippen LogP contribution in [-0.2, 0) is 11.2 Å². The molecule has 0 aromatic carbocycles. The van der Waals surface area contributed by atoms with Crippen LogP contribution < -0.4 is 5.32 Å². The predicted molar refractivity (Wildman–Crippen MR) is 53.8 cm³/mol. The molecule has 0 aliphatic heterocycles. The first kappa shape index (κ1) is 10.7. The van der Waals surface area contributed by atoms with E-state index in [2.05, 4.69) is 10.3 Å². The monoisotopic (exact) mass is 209 g/mol. The fraction of sp³-hybridized carbons (Fsp3) is 0.444. The molecule has 0 spiro atoms. The summed E-state index contributed by atoms with van der Waals surface area (Å²) < 4.78 is 0. The maximum atomic E-state index is 10.9. The lowest BCUT2D eigenvalue weighted by Gasteiger charge is -1.99. The third-order valence-electron chi connectivity index (χ3n) is 1.57. The van der Waals surface area contributed by atoms with E-state index >= 15 is 0 Å². The lowest BCUT2D eigenvalue weighted by Crippen LogP contribution is -2.24. The zero-order valence-electron chi connectivity index (χ0n) is 7.91. The number of rotatable bonds is 4. The van der Waals surface area contributed by atoms with E-state index in [-0.39, 0.29) is 12.3 Å². The van der Waals surface area contributed by atoms with Crippen LogP contribution >= 0.6 is 11.3 Å². The first-order valence-electron chi connectivity index (χ1n) is 4.27. The van der Waals surface area contributed by atoms with Crippen molar-refractivity contribution in [3.05, 3.63) is 16.1 Å². The van der Waals surface area contributed by atoms with Crippen LogP contribution in [0.25, 0.3) is 0 Å². The van der Waals surface area contributed by atoms with E-state index in [1.807, 2.05) is 12.3 Å². The third kappa shape index (κ3) is 3.54. The summed E-state index contributed by atoms with van der Waals surface area (Å²) in [4.78, 5) is 15.1. The largest absolute Gasteiger partial charge is 0.355 e. The molecule has 14 heavy (non-hydrogen) atoms. The highest BCUT2D eigenvalue weighted by atomic mass is 32.1. The number of thiazole rings is 1. The van der Waals surface area contributed by atoms with E-state index in [9.17, 15) is 4.79 Å². The normalized spacial score (nSPS) is 9.43. The number of aromatic nitrogens is 1. The van der Waals surface area contributed by atoms with Crippen LogP contribution in [0.5, 0.6) is 0 Å². The molecule has 0 fully saturated rings. The Labute approximate surface area is 86.6 Å². The molecule has 5 heteroatoms. The van der Waals surface area contributed by atoms with Crippen LogP contribution in [0, 0.1) is 18.3 Å². The van der Waals surface area contributed by atoms with Gasteiger partial charge in [-0.05, 0) is 6.92 Å². The molecule has 0 saturated heterocycles. The Morgan fingerprint density at radius 2 is 2.57 bits per heavy atom. The summed E-state index contributed by atoms with van der Waals surface area (Å²) in [7, 11) is 0. The molecule has 0 saturated carbocycles. The van der Waals surface area contributed by atoms with Crippen molar-refractivity contribution in [3.63, 3.8) is 0 Å². The number of nitrogens with zero attached hydrogens (tertiary/aromatic N) is 2. The molecule has 1 rings (SSSR count). The van der Waals surface area contributed by atoms with Gasteiger partial charge in [0.15, 0.2) is 0 Å². The standard InChI is InChI=1S/C9H11N3OS/c1-7-6-14-9(12-7)3-5-11-8(13)2-4-10/h6H,2-3,5H2,1H3,(H,11,13). The van der Waals surface area contributed by atoms with E-state index in [1.165, 1.54) is 0 Å². The van der Waals surface area contributed by atoms with Crippen LogP contribution in [0.4, 0.5) is 0 Å². The first-order chi connectivity index (χ1) is 6.72. The number of carbonyl (C=O) groups excluding carboxylic acids is 1. The molecular formula is C9H11N3OS. The second-order valence-corrected chi connectivity index (χ2v) is 3.76. The number of nitriles is 1.